The van der Waals surface area contributed by atoms with Crippen molar-refractivity contribution in [2.45, 2.75) is 0 Å². The molecule has 24 aromatic rings. The summed E-state index contributed by atoms with van der Waals surface area (Å²) in [5.74, 6) is 3.70. The van der Waals surface area contributed by atoms with Crippen molar-refractivity contribution in [1.82, 2.24) is 48.2 Å². The van der Waals surface area contributed by atoms with Crippen LogP contribution in [-0.4, -0.2) is 48.2 Å². The molecule has 0 amide bonds. The van der Waals surface area contributed by atoms with E-state index in [2.05, 4.69) is 431 Å². The highest BCUT2D eigenvalue weighted by Crippen LogP contribution is 2.43. The van der Waals surface area contributed by atoms with Gasteiger partial charge in [0.25, 0.3) is 0 Å². The first kappa shape index (κ1) is 72.4. The third kappa shape index (κ3) is 13.1. The van der Waals surface area contributed by atoms with Crippen LogP contribution in [0.25, 0.3) is 223 Å². The molecule has 0 fully saturated rings. The lowest BCUT2D eigenvalue weighted by Gasteiger charge is -2.13. The molecule has 6 aromatic heterocycles. The second-order valence-electron chi connectivity index (χ2n) is 31.3. The molecule has 0 unspecified atom stereocenters. The van der Waals surface area contributed by atoms with E-state index in [1.54, 1.807) is 0 Å². The summed E-state index contributed by atoms with van der Waals surface area (Å²) in [6, 6.07) is 158. The Balaban J connectivity index is 0.000000143. The van der Waals surface area contributed by atoms with E-state index in [4.69, 9.17) is 29.9 Å². The van der Waals surface area contributed by atoms with E-state index in [0.29, 0.717) is 34.9 Å². The molecule has 0 aliphatic carbocycles. The molecule has 0 radical (unpaired) electrons. The number of fused-ring (bicyclic) bond motifs is 12. The van der Waals surface area contributed by atoms with Crippen molar-refractivity contribution in [3.05, 3.63) is 449 Å². The van der Waals surface area contributed by atoms with Crippen LogP contribution in [-0.2, 0) is 0 Å². The van der Waals surface area contributed by atoms with Crippen molar-refractivity contribution in [3.63, 3.8) is 0 Å². The molecule has 0 bridgehead atoms. The van der Waals surface area contributed by atoms with Crippen molar-refractivity contribution in [1.29, 1.82) is 0 Å². The lowest BCUT2D eigenvalue weighted by atomic mass is 9.98. The highest BCUT2D eigenvalue weighted by Gasteiger charge is 2.23. The molecule has 6 heterocycles. The maximum Gasteiger partial charge on any atom is 0.164 e. The van der Waals surface area contributed by atoms with E-state index in [1.807, 2.05) is 36.4 Å². The molecule has 10 heteroatoms. The Hall–Kier alpha value is -16.8. The van der Waals surface area contributed by atoms with E-state index >= 15 is 0 Å². The average Bonchev–Trinajstić information content (AvgIpc) is 1.58. The summed E-state index contributed by atoms with van der Waals surface area (Å²) >= 11 is 0. The van der Waals surface area contributed by atoms with Gasteiger partial charge in [-0.2, -0.15) is 0 Å². The zero-order valence-corrected chi connectivity index (χ0v) is 67.2. The molecular weight excluding hydrogens is 1510 g/mol. The van der Waals surface area contributed by atoms with Crippen LogP contribution >= 0.6 is 0 Å². The maximum absolute atomic E-state index is 5.22. The number of hydrogen-bond acceptors (Lipinski definition) is 6. The minimum Gasteiger partial charge on any atom is -0.309 e. The van der Waals surface area contributed by atoms with E-state index in [1.165, 1.54) is 76.3 Å². The van der Waals surface area contributed by atoms with Crippen LogP contribution in [0.4, 0.5) is 0 Å². The van der Waals surface area contributed by atoms with E-state index < -0.39 is 0 Å². The minimum atomic E-state index is 0.608. The number of aromatic nitrogens is 10. The number of hydrogen-bond donors (Lipinski definition) is 0. The SMILES string of the molecule is c1ccc(-c2cccc(-c3cccc(-c4nc(-c5ccccc5)nc(-c5cccc(-n6c7ccccc7c7cc(-n8c9ccccc9c9ccccc98)ccc76)c5)n4)c3)c2)cc1.c1ccc(-c2cccc(-c3nc(-c4cccc(-c5ccccc5)c4)nc(-c4cccc(-n5c6ccccc6c6cc(-n7c8ccccc8c8ccccc87)ccc65)c4)n3)c2)cc1. The summed E-state index contributed by atoms with van der Waals surface area (Å²) < 4.78 is 9.49. The number of benzene rings is 18. The smallest absolute Gasteiger partial charge is 0.164 e. The van der Waals surface area contributed by atoms with Crippen LogP contribution in [0, 0.1) is 0 Å². The Morgan fingerprint density at radius 3 is 0.589 bits per heavy atom. The molecule has 0 saturated heterocycles. The van der Waals surface area contributed by atoms with Gasteiger partial charge in [-0.25, -0.2) is 29.9 Å². The molecule has 0 atom stereocenters. The molecular formula is C114H74N10. The largest absolute Gasteiger partial charge is 0.309 e. The molecule has 124 heavy (non-hydrogen) atoms. The van der Waals surface area contributed by atoms with Crippen LogP contribution in [0.15, 0.2) is 449 Å². The molecule has 18 aromatic carbocycles. The highest BCUT2D eigenvalue weighted by atomic mass is 15.1. The van der Waals surface area contributed by atoms with Crippen molar-refractivity contribution in [3.8, 4) is 136 Å². The zero-order valence-electron chi connectivity index (χ0n) is 67.2. The lowest BCUT2D eigenvalue weighted by Crippen LogP contribution is -2.01. The summed E-state index contributed by atoms with van der Waals surface area (Å²) in [5.41, 5.74) is 28.2. The summed E-state index contributed by atoms with van der Waals surface area (Å²) in [5, 5.41) is 9.76. The fourth-order valence-corrected chi connectivity index (χ4v) is 18.1. The predicted molar refractivity (Wildman–Crippen MR) is 511 cm³/mol. The van der Waals surface area contributed by atoms with Crippen molar-refractivity contribution >= 4 is 87.2 Å². The molecule has 0 aliphatic rings. The molecule has 10 nitrogen and oxygen atoms in total. The Morgan fingerprint density at radius 1 is 0.113 bits per heavy atom. The van der Waals surface area contributed by atoms with E-state index in [-0.39, 0.29) is 0 Å². The third-order valence-electron chi connectivity index (χ3n) is 23.9. The average molecular weight is 1580 g/mol. The molecule has 0 spiro atoms. The van der Waals surface area contributed by atoms with Gasteiger partial charge in [-0.05, 0) is 166 Å². The predicted octanol–water partition coefficient (Wildman–Crippen LogP) is 28.8. The molecule has 0 saturated carbocycles. The molecule has 24 rings (SSSR count). The van der Waals surface area contributed by atoms with Gasteiger partial charge in [0.05, 0.1) is 44.1 Å². The van der Waals surface area contributed by atoms with Gasteiger partial charge in [-0.3, -0.25) is 0 Å². The Labute approximate surface area is 715 Å². The van der Waals surface area contributed by atoms with Gasteiger partial charge in [0, 0.05) is 99.2 Å². The standard InChI is InChI=1S/2C57H37N5/c1-3-16-38(17-4-1)40-20-13-22-42(34-40)55-58-56(43-23-14-21-41(35-43)39-18-5-2-6-19-39)60-57(59-55)44-24-15-25-45(36-44)61-53-31-12-9-28-49(53)50-37-46(32-33-54(50)61)62-51-29-10-7-26-47(51)48-27-8-11-30-52(48)62;1-3-16-38(17-4-1)40-20-13-21-41(34-40)42-22-14-23-43(35-42)56-58-55(39-18-5-2-6-19-39)59-57(60-56)44-24-15-25-45(36-44)61-53-31-12-9-28-49(53)50-37-46(32-33-54(50)61)62-51-29-10-7-26-47(51)48-27-8-11-30-52(48)62/h2*1-37H. The first-order valence-electron chi connectivity index (χ1n) is 41.9. The summed E-state index contributed by atoms with van der Waals surface area (Å²) in [7, 11) is 0. The first-order valence-corrected chi connectivity index (χ1v) is 41.9. The Kier molecular flexibility index (Phi) is 18.0. The second-order valence-corrected chi connectivity index (χ2v) is 31.3. The lowest BCUT2D eigenvalue weighted by molar-refractivity contribution is 1.07. The molecule has 0 N–H and O–H groups in total. The fraction of sp³-hybridized carbons (Fsp3) is 0. The maximum atomic E-state index is 5.22. The fourth-order valence-electron chi connectivity index (χ4n) is 18.1. The van der Waals surface area contributed by atoms with Crippen LogP contribution in [0.1, 0.15) is 0 Å². The zero-order chi connectivity index (χ0) is 82.0. The van der Waals surface area contributed by atoms with Gasteiger partial charge in [0.2, 0.25) is 0 Å². The topological polar surface area (TPSA) is 97.1 Å². The quantitative estimate of drug-likeness (QED) is 0.108. The first-order chi connectivity index (χ1) is 61.5. The summed E-state index contributed by atoms with van der Waals surface area (Å²) in [6.07, 6.45) is 0. The normalized spacial score (nSPS) is 11.5. The Morgan fingerprint density at radius 2 is 0.298 bits per heavy atom. The molecule has 580 valence electrons. The van der Waals surface area contributed by atoms with Gasteiger partial charge < -0.3 is 18.3 Å². The van der Waals surface area contributed by atoms with Gasteiger partial charge in [0.1, 0.15) is 0 Å². The van der Waals surface area contributed by atoms with E-state index in [9.17, 15) is 0 Å². The summed E-state index contributed by atoms with van der Waals surface area (Å²) in [6.45, 7) is 0. The van der Waals surface area contributed by atoms with Gasteiger partial charge >= 0.3 is 0 Å². The Bertz CT molecular complexity index is 8040. The van der Waals surface area contributed by atoms with Gasteiger partial charge in [-0.15, -0.1) is 0 Å². The second kappa shape index (κ2) is 30.8. The summed E-state index contributed by atoms with van der Waals surface area (Å²) in [4.78, 5) is 31.0. The van der Waals surface area contributed by atoms with Crippen molar-refractivity contribution in [2.24, 2.45) is 0 Å². The minimum absolute atomic E-state index is 0.608. The van der Waals surface area contributed by atoms with Crippen LogP contribution < -0.4 is 0 Å². The third-order valence-corrected chi connectivity index (χ3v) is 23.9. The van der Waals surface area contributed by atoms with Crippen molar-refractivity contribution < 1.29 is 0 Å². The number of nitrogens with zero attached hydrogens (tertiary/aromatic N) is 10. The van der Waals surface area contributed by atoms with Gasteiger partial charge in [0.15, 0.2) is 34.9 Å². The number of para-hydroxylation sites is 6. The van der Waals surface area contributed by atoms with Crippen LogP contribution in [0.5, 0.6) is 0 Å². The highest BCUT2D eigenvalue weighted by molar-refractivity contribution is 6.14. The molecule has 0 aliphatic heterocycles. The van der Waals surface area contributed by atoms with Crippen LogP contribution in [0.3, 0.4) is 0 Å². The van der Waals surface area contributed by atoms with Gasteiger partial charge in [-0.1, -0.05) is 328 Å². The monoisotopic (exact) mass is 1580 g/mol. The van der Waals surface area contributed by atoms with Crippen LogP contribution in [0.2, 0.25) is 0 Å². The van der Waals surface area contributed by atoms with Crippen molar-refractivity contribution in [2.75, 3.05) is 0 Å². The van der Waals surface area contributed by atoms with E-state index in [0.717, 1.165) is 112 Å². The number of rotatable bonds is 14.